The highest BCUT2D eigenvalue weighted by Gasteiger charge is 2.20. The third kappa shape index (κ3) is 4.32. The van der Waals surface area contributed by atoms with E-state index in [1.807, 2.05) is 48.8 Å². The zero-order valence-corrected chi connectivity index (χ0v) is 12.5. The lowest BCUT2D eigenvalue weighted by Crippen LogP contribution is -2.21. The van der Waals surface area contributed by atoms with Crippen LogP contribution in [-0.2, 0) is 0 Å². The van der Waals surface area contributed by atoms with E-state index in [0.29, 0.717) is 12.1 Å². The summed E-state index contributed by atoms with van der Waals surface area (Å²) < 4.78 is 0. The Bertz CT molecular complexity index is 567. The Morgan fingerprint density at radius 3 is 1.82 bits per heavy atom. The maximum absolute atomic E-state index is 4.68. The van der Waals surface area contributed by atoms with Crippen molar-refractivity contribution in [2.75, 3.05) is 0 Å². The molecular weight excluding hydrogens is 272 g/mol. The second kappa shape index (κ2) is 7.59. The average molecular weight is 292 g/mol. The lowest BCUT2D eigenvalue weighted by Gasteiger charge is -2.23. The van der Waals surface area contributed by atoms with Gasteiger partial charge in [0.1, 0.15) is 0 Å². The van der Waals surface area contributed by atoms with Crippen molar-refractivity contribution in [2.45, 2.75) is 37.8 Å². The van der Waals surface area contributed by atoms with Gasteiger partial charge in [-0.05, 0) is 49.9 Å². The largest absolute Gasteiger partial charge is 0.288 e. The van der Waals surface area contributed by atoms with Gasteiger partial charge in [0.05, 0.1) is 23.5 Å². The third-order valence-electron chi connectivity index (χ3n) is 3.83. The summed E-state index contributed by atoms with van der Waals surface area (Å²) in [6, 6.07) is 12.4. The van der Waals surface area contributed by atoms with E-state index in [4.69, 9.17) is 0 Å². The number of rotatable bonds is 4. The summed E-state index contributed by atoms with van der Waals surface area (Å²) in [4.78, 5) is 17.9. The van der Waals surface area contributed by atoms with Crippen LogP contribution in [0.1, 0.15) is 37.1 Å². The summed E-state index contributed by atoms with van der Waals surface area (Å²) in [5.74, 6) is 0. The van der Waals surface area contributed by atoms with Crippen molar-refractivity contribution >= 4 is 12.4 Å². The van der Waals surface area contributed by atoms with Crippen LogP contribution in [0.25, 0.3) is 0 Å². The Hall–Kier alpha value is -2.36. The lowest BCUT2D eigenvalue weighted by atomic mass is 9.92. The Balaban J connectivity index is 1.57. The van der Waals surface area contributed by atoms with Gasteiger partial charge in [-0.25, -0.2) is 0 Å². The van der Waals surface area contributed by atoms with Crippen LogP contribution in [0.5, 0.6) is 0 Å². The van der Waals surface area contributed by atoms with Gasteiger partial charge in [0, 0.05) is 24.8 Å². The van der Waals surface area contributed by atoms with Gasteiger partial charge in [0.25, 0.3) is 0 Å². The van der Waals surface area contributed by atoms with Crippen LogP contribution in [-0.4, -0.2) is 34.5 Å². The van der Waals surface area contributed by atoms with Crippen LogP contribution >= 0.6 is 0 Å². The van der Waals surface area contributed by atoms with E-state index in [1.54, 1.807) is 12.4 Å². The summed E-state index contributed by atoms with van der Waals surface area (Å²) in [6.07, 6.45) is 11.8. The first-order valence-corrected chi connectivity index (χ1v) is 7.78. The van der Waals surface area contributed by atoms with Crippen LogP contribution in [0, 0.1) is 0 Å². The molecule has 0 N–H and O–H groups in total. The van der Waals surface area contributed by atoms with Crippen molar-refractivity contribution in [1.82, 2.24) is 9.97 Å². The molecule has 112 valence electrons. The van der Waals surface area contributed by atoms with Crippen molar-refractivity contribution < 1.29 is 0 Å². The fourth-order valence-electron chi connectivity index (χ4n) is 2.68. The molecule has 4 nitrogen and oxygen atoms in total. The van der Waals surface area contributed by atoms with Crippen LogP contribution in [0.3, 0.4) is 0 Å². The molecule has 0 amide bonds. The smallest absolute Gasteiger partial charge is 0.0807 e. The van der Waals surface area contributed by atoms with Gasteiger partial charge in [-0.1, -0.05) is 12.1 Å². The molecule has 2 atom stereocenters. The molecule has 0 aliphatic heterocycles. The summed E-state index contributed by atoms with van der Waals surface area (Å²) in [6.45, 7) is 0. The van der Waals surface area contributed by atoms with Crippen LogP contribution in [0.4, 0.5) is 0 Å². The van der Waals surface area contributed by atoms with Gasteiger partial charge in [0.15, 0.2) is 0 Å². The van der Waals surface area contributed by atoms with Crippen molar-refractivity contribution in [1.29, 1.82) is 0 Å². The molecule has 0 bridgehead atoms. The van der Waals surface area contributed by atoms with Crippen LogP contribution in [0.2, 0.25) is 0 Å². The van der Waals surface area contributed by atoms with Gasteiger partial charge >= 0.3 is 0 Å². The zero-order chi connectivity index (χ0) is 15.0. The summed E-state index contributed by atoms with van der Waals surface area (Å²) in [5, 5.41) is 0. The quantitative estimate of drug-likeness (QED) is 0.812. The number of aromatic nitrogens is 2. The van der Waals surface area contributed by atoms with Gasteiger partial charge in [-0.2, -0.15) is 0 Å². The lowest BCUT2D eigenvalue weighted by molar-refractivity contribution is 0.397. The first kappa shape index (κ1) is 14.6. The van der Waals surface area contributed by atoms with Crippen molar-refractivity contribution in [2.24, 2.45) is 9.98 Å². The Kier molecular flexibility index (Phi) is 5.03. The van der Waals surface area contributed by atoms with Crippen molar-refractivity contribution in [3.63, 3.8) is 0 Å². The Morgan fingerprint density at radius 1 is 0.818 bits per heavy atom. The molecule has 0 unspecified atom stereocenters. The molecule has 0 spiro atoms. The maximum atomic E-state index is 4.68. The van der Waals surface area contributed by atoms with E-state index in [0.717, 1.165) is 30.7 Å². The molecule has 0 aromatic carbocycles. The van der Waals surface area contributed by atoms with E-state index >= 15 is 0 Å². The highest BCUT2D eigenvalue weighted by atomic mass is 14.9. The summed E-state index contributed by atoms with van der Waals surface area (Å²) in [7, 11) is 0. The van der Waals surface area contributed by atoms with Gasteiger partial charge < -0.3 is 0 Å². The standard InChI is InChI=1S/C18H20N4/c1-3-10-19-17(6-1)13-21-15-8-5-9-16(12-15)22-14-18-7-2-4-11-20-18/h1-4,6-7,10-11,13-16H,5,8-9,12H2/t15-,16+. The fourth-order valence-corrected chi connectivity index (χ4v) is 2.68. The molecule has 2 heterocycles. The second-order valence-electron chi connectivity index (χ2n) is 5.54. The highest BCUT2D eigenvalue weighted by Crippen LogP contribution is 2.23. The number of aliphatic imine (C=N–C) groups is 2. The zero-order valence-electron chi connectivity index (χ0n) is 12.5. The molecule has 2 aromatic rings. The first-order chi connectivity index (χ1) is 10.9. The van der Waals surface area contributed by atoms with Crippen molar-refractivity contribution in [3.8, 4) is 0 Å². The van der Waals surface area contributed by atoms with E-state index < -0.39 is 0 Å². The van der Waals surface area contributed by atoms with Crippen LogP contribution in [0.15, 0.2) is 58.8 Å². The summed E-state index contributed by atoms with van der Waals surface area (Å²) >= 11 is 0. The molecule has 0 saturated heterocycles. The molecular formula is C18H20N4. The van der Waals surface area contributed by atoms with Gasteiger partial charge in [0.2, 0.25) is 0 Å². The maximum Gasteiger partial charge on any atom is 0.0807 e. The predicted molar refractivity (Wildman–Crippen MR) is 89.7 cm³/mol. The Morgan fingerprint density at radius 2 is 1.36 bits per heavy atom. The average Bonchev–Trinajstić information content (AvgIpc) is 2.60. The molecule has 0 radical (unpaired) electrons. The number of hydrogen-bond donors (Lipinski definition) is 0. The van der Waals surface area contributed by atoms with Gasteiger partial charge in [-0.15, -0.1) is 0 Å². The third-order valence-corrected chi connectivity index (χ3v) is 3.83. The minimum Gasteiger partial charge on any atom is -0.288 e. The molecule has 2 aromatic heterocycles. The number of hydrogen-bond acceptors (Lipinski definition) is 4. The van der Waals surface area contributed by atoms with Crippen LogP contribution < -0.4 is 0 Å². The van der Waals surface area contributed by atoms with E-state index in [-0.39, 0.29) is 0 Å². The topological polar surface area (TPSA) is 50.5 Å². The molecule has 3 rings (SSSR count). The van der Waals surface area contributed by atoms with Crippen molar-refractivity contribution in [3.05, 3.63) is 60.2 Å². The number of nitrogens with zero attached hydrogens (tertiary/aromatic N) is 4. The fraction of sp³-hybridized carbons (Fsp3) is 0.333. The molecule has 1 fully saturated rings. The Labute approximate surface area is 131 Å². The molecule has 22 heavy (non-hydrogen) atoms. The normalized spacial score (nSPS) is 22.4. The van der Waals surface area contributed by atoms with Gasteiger partial charge in [-0.3, -0.25) is 20.0 Å². The molecule has 1 aliphatic rings. The monoisotopic (exact) mass is 292 g/mol. The van der Waals surface area contributed by atoms with E-state index in [1.165, 1.54) is 6.42 Å². The number of pyridine rings is 2. The molecule has 4 heteroatoms. The van der Waals surface area contributed by atoms with E-state index in [9.17, 15) is 0 Å². The second-order valence-corrected chi connectivity index (χ2v) is 5.54. The molecule has 1 saturated carbocycles. The predicted octanol–water partition coefficient (Wildman–Crippen LogP) is 3.33. The summed E-state index contributed by atoms with van der Waals surface area (Å²) in [5.41, 5.74) is 1.84. The first-order valence-electron chi connectivity index (χ1n) is 7.78. The van der Waals surface area contributed by atoms with E-state index in [2.05, 4.69) is 20.0 Å². The minimum atomic E-state index is 0.349. The molecule has 1 aliphatic carbocycles. The minimum absolute atomic E-state index is 0.349. The highest BCUT2D eigenvalue weighted by molar-refractivity contribution is 5.77. The SMILES string of the molecule is C(=N[C@@H]1CCC[C@H](N=Cc2ccccn2)C1)c1ccccn1.